The van der Waals surface area contributed by atoms with Gasteiger partial charge in [0.2, 0.25) is 0 Å². The minimum atomic E-state index is -0.688. The van der Waals surface area contributed by atoms with E-state index in [4.69, 9.17) is 9.47 Å². The minimum Gasteiger partial charge on any atom is -0.494 e. The van der Waals surface area contributed by atoms with Gasteiger partial charge in [-0.15, -0.1) is 0 Å². The molecule has 1 atom stereocenters. The maximum Gasteiger partial charge on any atom is 0.308 e. The van der Waals surface area contributed by atoms with E-state index in [0.29, 0.717) is 24.3 Å². The number of benzene rings is 1. The fourth-order valence-electron chi connectivity index (χ4n) is 3.64. The maximum atomic E-state index is 14.4. The average molecular weight is 428 g/mol. The zero-order chi connectivity index (χ0) is 22.5. The quantitative estimate of drug-likeness (QED) is 0.476. The Bertz CT molecular complexity index is 1030. The van der Waals surface area contributed by atoms with Crippen molar-refractivity contribution in [3.8, 4) is 5.75 Å². The first-order valence-electron chi connectivity index (χ1n) is 10.0. The van der Waals surface area contributed by atoms with E-state index in [1.165, 1.54) is 32.2 Å². The molecule has 0 N–H and O–H groups in total. The highest BCUT2D eigenvalue weighted by molar-refractivity contribution is 5.96. The summed E-state index contributed by atoms with van der Waals surface area (Å²) >= 11 is 0. The third-order valence-electron chi connectivity index (χ3n) is 5.09. The lowest BCUT2D eigenvalue weighted by Gasteiger charge is -2.35. The van der Waals surface area contributed by atoms with Gasteiger partial charge < -0.3 is 18.9 Å². The molecular formula is C23H25FN2O5. The maximum absolute atomic E-state index is 14.4. The Kier molecular flexibility index (Phi) is 6.89. The molecule has 2 aromatic rings. The highest BCUT2D eigenvalue weighted by Gasteiger charge is 2.33. The molecule has 0 spiro atoms. The van der Waals surface area contributed by atoms with Crippen LogP contribution in [0, 0.1) is 5.82 Å². The number of nitrogens with zero attached hydrogens (tertiary/aromatic N) is 2. The number of ketones is 1. The van der Waals surface area contributed by atoms with Crippen molar-refractivity contribution in [2.45, 2.75) is 32.9 Å². The summed E-state index contributed by atoms with van der Waals surface area (Å²) in [5, 5.41) is 0. The lowest BCUT2D eigenvalue weighted by molar-refractivity contribution is -0.144. The predicted molar refractivity (Wildman–Crippen MR) is 112 cm³/mol. The number of carbonyl (C=O) groups is 3. The standard InChI is InChI=1S/C23H25FN2O5/c1-4-31-22(28)13-19(17-7-8-21(30-3)18(24)12-17)26-10-9-25-14-16(6-5-15(2)27)11-20(25)23(26)29/h5-8,11-12,14,19H,4,9-10,13H2,1-3H3/b6-5+/t19-/m0/s1. The summed E-state index contributed by atoms with van der Waals surface area (Å²) in [6, 6.07) is 5.42. The van der Waals surface area contributed by atoms with Gasteiger partial charge in [0.1, 0.15) is 5.69 Å². The van der Waals surface area contributed by atoms with Crippen LogP contribution in [0.15, 0.2) is 36.5 Å². The second-order valence-electron chi connectivity index (χ2n) is 7.21. The van der Waals surface area contributed by atoms with E-state index in [-0.39, 0.29) is 30.5 Å². The average Bonchev–Trinajstić information content (AvgIpc) is 3.15. The van der Waals surface area contributed by atoms with Gasteiger partial charge >= 0.3 is 5.97 Å². The summed E-state index contributed by atoms with van der Waals surface area (Å²) in [5.74, 6) is -1.33. The van der Waals surface area contributed by atoms with Crippen LogP contribution >= 0.6 is 0 Å². The number of allylic oxidation sites excluding steroid dienone is 1. The van der Waals surface area contributed by atoms with Crippen LogP contribution in [0.5, 0.6) is 5.75 Å². The number of fused-ring (bicyclic) bond motifs is 1. The molecule has 0 fully saturated rings. The van der Waals surface area contributed by atoms with Crippen LogP contribution in [0.3, 0.4) is 0 Å². The molecule has 0 radical (unpaired) electrons. The number of carbonyl (C=O) groups excluding carboxylic acids is 3. The first kappa shape index (κ1) is 22.3. The Labute approximate surface area is 180 Å². The van der Waals surface area contributed by atoms with E-state index in [0.717, 1.165) is 5.56 Å². The van der Waals surface area contributed by atoms with Crippen LogP contribution < -0.4 is 4.74 Å². The molecule has 7 nitrogen and oxygen atoms in total. The largest absolute Gasteiger partial charge is 0.494 e. The zero-order valence-electron chi connectivity index (χ0n) is 17.8. The summed E-state index contributed by atoms with van der Waals surface area (Å²) < 4.78 is 26.2. The summed E-state index contributed by atoms with van der Waals surface area (Å²) in [6.45, 7) is 4.22. The molecule has 0 aliphatic carbocycles. The molecule has 1 aromatic carbocycles. The normalized spacial score (nSPS) is 14.5. The first-order chi connectivity index (χ1) is 14.8. The number of rotatable bonds is 8. The SMILES string of the molecule is CCOC(=O)C[C@@H](c1ccc(OC)c(F)c1)N1CCn2cc(/C=C/C(C)=O)cc2C1=O. The topological polar surface area (TPSA) is 77.8 Å². The van der Waals surface area contributed by atoms with Gasteiger partial charge in [-0.1, -0.05) is 6.07 Å². The second-order valence-corrected chi connectivity index (χ2v) is 7.21. The summed E-state index contributed by atoms with van der Waals surface area (Å²) in [5.41, 5.74) is 1.66. The Morgan fingerprint density at radius 3 is 2.68 bits per heavy atom. The molecular weight excluding hydrogens is 403 g/mol. The molecule has 31 heavy (non-hydrogen) atoms. The van der Waals surface area contributed by atoms with Crippen LogP contribution in [0.1, 0.15) is 47.9 Å². The molecule has 1 aliphatic heterocycles. The number of esters is 1. The number of amides is 1. The monoisotopic (exact) mass is 428 g/mol. The first-order valence-corrected chi connectivity index (χ1v) is 10.0. The number of aromatic nitrogens is 1. The Balaban J connectivity index is 1.94. The molecule has 0 unspecified atom stereocenters. The Hall–Kier alpha value is -3.42. The van der Waals surface area contributed by atoms with Crippen molar-refractivity contribution in [2.24, 2.45) is 0 Å². The molecule has 0 saturated carbocycles. The number of halogens is 1. The fraction of sp³-hybridized carbons (Fsp3) is 0.348. The van der Waals surface area contributed by atoms with E-state index >= 15 is 0 Å². The van der Waals surface area contributed by atoms with Crippen LogP contribution in [-0.2, 0) is 20.9 Å². The smallest absolute Gasteiger partial charge is 0.308 e. The highest BCUT2D eigenvalue weighted by atomic mass is 19.1. The lowest BCUT2D eigenvalue weighted by atomic mass is 10.00. The number of ether oxygens (including phenoxy) is 2. The predicted octanol–water partition coefficient (Wildman–Crippen LogP) is 3.39. The number of methoxy groups -OCH3 is 1. The molecule has 8 heteroatoms. The van der Waals surface area contributed by atoms with Gasteiger partial charge in [-0.2, -0.15) is 0 Å². The van der Waals surface area contributed by atoms with Gasteiger partial charge in [0.05, 0.1) is 26.2 Å². The van der Waals surface area contributed by atoms with Crippen molar-refractivity contribution in [1.82, 2.24) is 9.47 Å². The molecule has 2 heterocycles. The van der Waals surface area contributed by atoms with Crippen molar-refractivity contribution in [3.05, 3.63) is 59.2 Å². The van der Waals surface area contributed by atoms with E-state index in [2.05, 4.69) is 0 Å². The van der Waals surface area contributed by atoms with Crippen LogP contribution in [0.25, 0.3) is 6.08 Å². The number of hydrogen-bond donors (Lipinski definition) is 0. The second kappa shape index (κ2) is 9.59. The van der Waals surface area contributed by atoms with Gasteiger partial charge in [-0.3, -0.25) is 14.4 Å². The van der Waals surface area contributed by atoms with Crippen LogP contribution in [-0.4, -0.2) is 47.4 Å². The van der Waals surface area contributed by atoms with Crippen LogP contribution in [0.4, 0.5) is 4.39 Å². The fourth-order valence-corrected chi connectivity index (χ4v) is 3.64. The molecule has 0 bridgehead atoms. The Morgan fingerprint density at radius 2 is 2.03 bits per heavy atom. The van der Waals surface area contributed by atoms with Crippen LogP contribution in [0.2, 0.25) is 0 Å². The number of hydrogen-bond acceptors (Lipinski definition) is 5. The van der Waals surface area contributed by atoms with Gasteiger partial charge in [-0.25, -0.2) is 4.39 Å². The summed E-state index contributed by atoms with van der Waals surface area (Å²) in [7, 11) is 1.37. The van der Waals surface area contributed by atoms with Gasteiger partial charge in [0.15, 0.2) is 17.3 Å². The zero-order valence-corrected chi connectivity index (χ0v) is 17.8. The summed E-state index contributed by atoms with van der Waals surface area (Å²) in [6.07, 6.45) is 4.80. The molecule has 3 rings (SSSR count). The minimum absolute atomic E-state index is 0.0828. The molecule has 164 valence electrons. The van der Waals surface area contributed by atoms with Gasteiger partial charge in [-0.05, 0) is 55.3 Å². The van der Waals surface area contributed by atoms with Gasteiger partial charge in [0, 0.05) is 19.3 Å². The van der Waals surface area contributed by atoms with Crippen molar-refractivity contribution in [1.29, 1.82) is 0 Å². The Morgan fingerprint density at radius 1 is 1.26 bits per heavy atom. The van der Waals surface area contributed by atoms with E-state index < -0.39 is 17.8 Å². The third-order valence-corrected chi connectivity index (χ3v) is 5.09. The third kappa shape index (κ3) is 5.02. The molecule has 0 saturated heterocycles. The molecule has 1 aromatic heterocycles. The van der Waals surface area contributed by atoms with Gasteiger partial charge in [0.25, 0.3) is 5.91 Å². The van der Waals surface area contributed by atoms with E-state index in [1.54, 1.807) is 36.2 Å². The van der Waals surface area contributed by atoms with Crippen molar-refractivity contribution in [2.75, 3.05) is 20.3 Å². The van der Waals surface area contributed by atoms with E-state index in [1.807, 2.05) is 4.57 Å². The molecule has 1 amide bonds. The van der Waals surface area contributed by atoms with Crippen molar-refractivity contribution in [3.63, 3.8) is 0 Å². The highest BCUT2D eigenvalue weighted by Crippen LogP contribution is 2.32. The van der Waals surface area contributed by atoms with E-state index in [9.17, 15) is 18.8 Å². The lowest BCUT2D eigenvalue weighted by Crippen LogP contribution is -2.43. The molecule has 1 aliphatic rings. The van der Waals surface area contributed by atoms with Crippen molar-refractivity contribution >= 4 is 23.7 Å². The summed E-state index contributed by atoms with van der Waals surface area (Å²) in [4.78, 5) is 38.3. The van der Waals surface area contributed by atoms with Crippen molar-refractivity contribution < 1.29 is 28.2 Å².